The molecule has 23 heavy (non-hydrogen) atoms. The summed E-state index contributed by atoms with van der Waals surface area (Å²) in [5.74, 6) is -1.10. The van der Waals surface area contributed by atoms with Crippen molar-refractivity contribution in [2.75, 3.05) is 13.2 Å². The summed E-state index contributed by atoms with van der Waals surface area (Å²) in [6, 6.07) is 4.12. The lowest BCUT2D eigenvalue weighted by Crippen LogP contribution is -2.27. The van der Waals surface area contributed by atoms with Gasteiger partial charge in [-0.2, -0.15) is 13.2 Å². The van der Waals surface area contributed by atoms with E-state index in [-0.39, 0.29) is 18.5 Å². The molecule has 0 fully saturated rings. The minimum atomic E-state index is -4.50. The molecular weight excluding hydrogens is 311 g/mol. The van der Waals surface area contributed by atoms with Crippen LogP contribution in [0.2, 0.25) is 0 Å². The molecule has 0 aliphatic carbocycles. The minimum absolute atomic E-state index is 0.0156. The Kier molecular flexibility index (Phi) is 7.57. The van der Waals surface area contributed by atoms with E-state index in [1.165, 1.54) is 12.1 Å². The maximum Gasteiger partial charge on any atom is 0.416 e. The second-order valence-electron chi connectivity index (χ2n) is 5.01. The normalized spacial score (nSPS) is 11.1. The third kappa shape index (κ3) is 7.17. The summed E-state index contributed by atoms with van der Waals surface area (Å²) in [7, 11) is 0. The van der Waals surface area contributed by atoms with Crippen molar-refractivity contribution in [3.63, 3.8) is 0 Å². The Labute approximate surface area is 133 Å². The van der Waals surface area contributed by atoms with Crippen LogP contribution in [0, 0.1) is 0 Å². The maximum atomic E-state index is 12.6. The molecule has 0 unspecified atom stereocenters. The van der Waals surface area contributed by atoms with Crippen LogP contribution in [-0.2, 0) is 15.7 Å². The van der Waals surface area contributed by atoms with Crippen LogP contribution in [0.15, 0.2) is 24.3 Å². The topological polar surface area (TPSA) is 55.4 Å². The molecule has 0 radical (unpaired) electrons. The third-order valence-electron chi connectivity index (χ3n) is 3.08. The highest BCUT2D eigenvalue weighted by atomic mass is 19.4. The van der Waals surface area contributed by atoms with Crippen LogP contribution >= 0.6 is 0 Å². The molecule has 7 heteroatoms. The highest BCUT2D eigenvalue weighted by Gasteiger charge is 2.30. The van der Waals surface area contributed by atoms with Gasteiger partial charge in [0.2, 0.25) is 0 Å². The first-order valence-electron chi connectivity index (χ1n) is 7.45. The second-order valence-corrected chi connectivity index (χ2v) is 5.01. The molecule has 0 aromatic heterocycles. The number of benzene rings is 1. The van der Waals surface area contributed by atoms with Crippen LogP contribution in [0.4, 0.5) is 13.2 Å². The third-order valence-corrected chi connectivity index (χ3v) is 3.08. The molecule has 0 aliphatic rings. The molecule has 0 spiro atoms. The summed E-state index contributed by atoms with van der Waals surface area (Å²) < 4.78 is 42.7. The van der Waals surface area contributed by atoms with E-state index in [4.69, 9.17) is 4.74 Å². The number of carbonyl (C=O) groups is 2. The van der Waals surface area contributed by atoms with E-state index >= 15 is 0 Å². The minimum Gasteiger partial charge on any atom is -0.466 e. The largest absolute Gasteiger partial charge is 0.466 e. The molecule has 0 bridgehead atoms. The van der Waals surface area contributed by atoms with Gasteiger partial charge in [-0.05, 0) is 24.6 Å². The van der Waals surface area contributed by atoms with Gasteiger partial charge in [0.05, 0.1) is 18.6 Å². The number of halogens is 3. The zero-order chi connectivity index (χ0) is 17.3. The number of unbranched alkanes of at least 4 members (excludes halogenated alkanes) is 2. The fourth-order valence-corrected chi connectivity index (χ4v) is 1.83. The Bertz CT molecular complexity index is 530. The molecule has 1 rings (SSSR count). The zero-order valence-electron chi connectivity index (χ0n) is 12.9. The molecule has 1 aromatic rings. The molecule has 0 heterocycles. The SMILES string of the molecule is CCCCCOC(=O)CCNC(=O)c1cccc(C(F)(F)F)c1. The fraction of sp³-hybridized carbons (Fsp3) is 0.500. The molecule has 1 aromatic carbocycles. The number of hydrogen-bond acceptors (Lipinski definition) is 3. The fourth-order valence-electron chi connectivity index (χ4n) is 1.83. The number of amides is 1. The van der Waals surface area contributed by atoms with Crippen molar-refractivity contribution in [1.82, 2.24) is 5.32 Å². The van der Waals surface area contributed by atoms with Gasteiger partial charge < -0.3 is 10.1 Å². The molecule has 0 saturated heterocycles. The van der Waals surface area contributed by atoms with Crippen molar-refractivity contribution < 1.29 is 27.5 Å². The first kappa shape index (κ1) is 19.0. The van der Waals surface area contributed by atoms with E-state index in [0.29, 0.717) is 6.61 Å². The molecule has 1 amide bonds. The van der Waals surface area contributed by atoms with Crippen LogP contribution in [0.1, 0.15) is 48.5 Å². The van der Waals surface area contributed by atoms with Crippen LogP contribution in [-0.4, -0.2) is 25.0 Å². The van der Waals surface area contributed by atoms with Gasteiger partial charge in [-0.1, -0.05) is 25.8 Å². The summed E-state index contributed by atoms with van der Waals surface area (Å²) in [6.07, 6.45) is -1.74. The van der Waals surface area contributed by atoms with Crippen LogP contribution < -0.4 is 5.32 Å². The van der Waals surface area contributed by atoms with Crippen molar-refractivity contribution >= 4 is 11.9 Å². The summed E-state index contributed by atoms with van der Waals surface area (Å²) in [5.41, 5.74) is -0.989. The number of hydrogen-bond donors (Lipinski definition) is 1. The van der Waals surface area contributed by atoms with E-state index in [1.807, 2.05) is 6.92 Å². The van der Waals surface area contributed by atoms with Crippen LogP contribution in [0.5, 0.6) is 0 Å². The van der Waals surface area contributed by atoms with E-state index in [9.17, 15) is 22.8 Å². The average Bonchev–Trinajstić information content (AvgIpc) is 2.51. The van der Waals surface area contributed by atoms with E-state index in [2.05, 4.69) is 5.32 Å². The van der Waals surface area contributed by atoms with Crippen LogP contribution in [0.3, 0.4) is 0 Å². The smallest absolute Gasteiger partial charge is 0.416 e. The Morgan fingerprint density at radius 2 is 1.96 bits per heavy atom. The van der Waals surface area contributed by atoms with Gasteiger partial charge in [0.1, 0.15) is 0 Å². The Balaban J connectivity index is 2.38. The Morgan fingerprint density at radius 1 is 1.22 bits per heavy atom. The highest BCUT2D eigenvalue weighted by molar-refractivity contribution is 5.94. The number of carbonyl (C=O) groups excluding carboxylic acids is 2. The first-order chi connectivity index (χ1) is 10.8. The predicted molar refractivity (Wildman–Crippen MR) is 78.9 cm³/mol. The number of rotatable bonds is 8. The molecule has 0 saturated carbocycles. The van der Waals surface area contributed by atoms with Crippen molar-refractivity contribution in [2.24, 2.45) is 0 Å². The molecule has 128 valence electrons. The monoisotopic (exact) mass is 331 g/mol. The molecule has 4 nitrogen and oxygen atoms in total. The van der Waals surface area contributed by atoms with Gasteiger partial charge in [0, 0.05) is 12.1 Å². The lowest BCUT2D eigenvalue weighted by atomic mass is 10.1. The summed E-state index contributed by atoms with van der Waals surface area (Å²) in [5, 5.41) is 2.40. The first-order valence-corrected chi connectivity index (χ1v) is 7.45. The predicted octanol–water partition coefficient (Wildman–Crippen LogP) is 3.56. The average molecular weight is 331 g/mol. The second kappa shape index (κ2) is 9.17. The van der Waals surface area contributed by atoms with Gasteiger partial charge in [-0.25, -0.2) is 0 Å². The van der Waals surface area contributed by atoms with Gasteiger partial charge >= 0.3 is 12.1 Å². The Hall–Kier alpha value is -2.05. The van der Waals surface area contributed by atoms with E-state index < -0.39 is 23.6 Å². The van der Waals surface area contributed by atoms with Crippen molar-refractivity contribution in [1.29, 1.82) is 0 Å². The molecular formula is C16H20F3NO3. The van der Waals surface area contributed by atoms with Crippen molar-refractivity contribution in [2.45, 2.75) is 38.8 Å². The summed E-state index contributed by atoms with van der Waals surface area (Å²) in [6.45, 7) is 2.39. The van der Waals surface area contributed by atoms with E-state index in [0.717, 1.165) is 31.4 Å². The maximum absolute atomic E-state index is 12.6. The van der Waals surface area contributed by atoms with Gasteiger partial charge in [-0.15, -0.1) is 0 Å². The number of alkyl halides is 3. The van der Waals surface area contributed by atoms with Gasteiger partial charge in [0.25, 0.3) is 5.91 Å². The zero-order valence-corrected chi connectivity index (χ0v) is 12.9. The van der Waals surface area contributed by atoms with Crippen LogP contribution in [0.25, 0.3) is 0 Å². The highest BCUT2D eigenvalue weighted by Crippen LogP contribution is 2.29. The van der Waals surface area contributed by atoms with Crippen molar-refractivity contribution in [3.05, 3.63) is 35.4 Å². The standard InChI is InChI=1S/C16H20F3NO3/c1-2-3-4-10-23-14(21)8-9-20-15(22)12-6-5-7-13(11-12)16(17,18)19/h5-7,11H,2-4,8-10H2,1H3,(H,20,22). The Morgan fingerprint density at radius 3 is 2.61 bits per heavy atom. The summed E-state index contributed by atoms with van der Waals surface area (Å²) >= 11 is 0. The van der Waals surface area contributed by atoms with Gasteiger partial charge in [-0.3, -0.25) is 9.59 Å². The number of esters is 1. The quantitative estimate of drug-likeness (QED) is 0.585. The summed E-state index contributed by atoms with van der Waals surface area (Å²) in [4.78, 5) is 23.2. The lowest BCUT2D eigenvalue weighted by Gasteiger charge is -2.09. The molecule has 0 aliphatic heterocycles. The number of ether oxygens (including phenoxy) is 1. The van der Waals surface area contributed by atoms with Gasteiger partial charge in [0.15, 0.2) is 0 Å². The molecule has 1 N–H and O–H groups in total. The van der Waals surface area contributed by atoms with Crippen molar-refractivity contribution in [3.8, 4) is 0 Å². The molecule has 0 atom stereocenters. The lowest BCUT2D eigenvalue weighted by molar-refractivity contribution is -0.143. The number of nitrogens with one attached hydrogen (secondary N) is 1. The van der Waals surface area contributed by atoms with E-state index in [1.54, 1.807) is 0 Å².